The second-order valence-electron chi connectivity index (χ2n) is 7.15. The van der Waals surface area contributed by atoms with Crippen LogP contribution < -0.4 is 10.2 Å². The Morgan fingerprint density at radius 1 is 1.07 bits per heavy atom. The Balaban J connectivity index is 1.56. The lowest BCUT2D eigenvalue weighted by Crippen LogP contribution is -2.54. The molecule has 1 saturated heterocycles. The largest absolute Gasteiger partial charge is 0.368 e. The number of nitro groups is 1. The summed E-state index contributed by atoms with van der Waals surface area (Å²) in [6, 6.07) is 13.0. The highest BCUT2D eigenvalue weighted by molar-refractivity contribution is 5.97. The molecule has 0 saturated carbocycles. The zero-order valence-electron chi connectivity index (χ0n) is 16.5. The highest BCUT2D eigenvalue weighted by Crippen LogP contribution is 2.18. The lowest BCUT2D eigenvalue weighted by Gasteiger charge is -2.37. The lowest BCUT2D eigenvalue weighted by atomic mass is 10.1. The summed E-state index contributed by atoms with van der Waals surface area (Å²) in [5.74, 6) is -0.666. The highest BCUT2D eigenvalue weighted by Gasteiger charge is 2.26. The molecule has 1 aliphatic rings. The molecule has 0 aliphatic carbocycles. The van der Waals surface area contributed by atoms with Crippen molar-refractivity contribution < 1.29 is 14.5 Å². The zero-order chi connectivity index (χ0) is 21.0. The highest BCUT2D eigenvalue weighted by atomic mass is 16.6. The maximum Gasteiger partial charge on any atom is 0.270 e. The molecule has 0 spiro atoms. The molecule has 152 valence electrons. The molecule has 1 aliphatic heterocycles. The van der Waals surface area contributed by atoms with Gasteiger partial charge in [0, 0.05) is 49.6 Å². The number of nitrogens with zero attached hydrogens (tertiary/aromatic N) is 3. The average Bonchev–Trinajstić information content (AvgIpc) is 2.73. The number of nitrogens with one attached hydrogen (secondary N) is 1. The van der Waals surface area contributed by atoms with Gasteiger partial charge in [-0.1, -0.05) is 18.2 Å². The van der Waals surface area contributed by atoms with E-state index in [4.69, 9.17) is 0 Å². The molecule has 0 unspecified atom stereocenters. The minimum Gasteiger partial charge on any atom is -0.368 e. The monoisotopic (exact) mass is 396 g/mol. The van der Waals surface area contributed by atoms with Gasteiger partial charge in [0.25, 0.3) is 11.6 Å². The van der Waals surface area contributed by atoms with Gasteiger partial charge in [0.2, 0.25) is 5.91 Å². The standard InChI is InChI=1S/C21H24N4O4/c1-15-5-3-7-18(13-15)23-9-11-24(12-10-23)21(27)16(2)22-20(26)17-6-4-8-19(14-17)25(28)29/h3-8,13-14,16H,9-12H2,1-2H3,(H,22,26)/t16-/m0/s1. The first-order chi connectivity index (χ1) is 13.8. The molecule has 2 aromatic rings. The van der Waals surface area contributed by atoms with Gasteiger partial charge in [-0.3, -0.25) is 19.7 Å². The molecular formula is C21H24N4O4. The topological polar surface area (TPSA) is 95.8 Å². The predicted octanol–water partition coefficient (Wildman–Crippen LogP) is 2.37. The second-order valence-corrected chi connectivity index (χ2v) is 7.15. The summed E-state index contributed by atoms with van der Waals surface area (Å²) in [7, 11) is 0. The van der Waals surface area contributed by atoms with Gasteiger partial charge in [0.1, 0.15) is 6.04 Å². The molecule has 0 bridgehead atoms. The Morgan fingerprint density at radius 3 is 2.41 bits per heavy atom. The van der Waals surface area contributed by atoms with Crippen LogP contribution >= 0.6 is 0 Å². The van der Waals surface area contributed by atoms with Crippen LogP contribution in [0, 0.1) is 17.0 Å². The van der Waals surface area contributed by atoms with Crippen LogP contribution in [-0.2, 0) is 4.79 Å². The molecule has 1 fully saturated rings. The van der Waals surface area contributed by atoms with E-state index >= 15 is 0 Å². The number of non-ortho nitro benzene ring substituents is 1. The molecule has 8 heteroatoms. The summed E-state index contributed by atoms with van der Waals surface area (Å²) in [5, 5.41) is 13.5. The summed E-state index contributed by atoms with van der Waals surface area (Å²) in [4.78, 5) is 39.4. The Morgan fingerprint density at radius 2 is 1.76 bits per heavy atom. The summed E-state index contributed by atoms with van der Waals surface area (Å²) in [5.41, 5.74) is 2.33. The number of nitro benzene ring substituents is 1. The number of rotatable bonds is 5. The van der Waals surface area contributed by atoms with Crippen LogP contribution in [0.4, 0.5) is 11.4 Å². The number of benzene rings is 2. The molecular weight excluding hydrogens is 372 g/mol. The van der Waals surface area contributed by atoms with E-state index in [1.165, 1.54) is 29.8 Å². The van der Waals surface area contributed by atoms with Crippen molar-refractivity contribution in [1.82, 2.24) is 10.2 Å². The van der Waals surface area contributed by atoms with Crippen molar-refractivity contribution >= 4 is 23.2 Å². The maximum atomic E-state index is 12.7. The Kier molecular flexibility index (Phi) is 6.11. The van der Waals surface area contributed by atoms with Crippen LogP contribution in [0.5, 0.6) is 0 Å². The van der Waals surface area contributed by atoms with Crippen molar-refractivity contribution in [2.75, 3.05) is 31.1 Å². The smallest absolute Gasteiger partial charge is 0.270 e. The van der Waals surface area contributed by atoms with Gasteiger partial charge in [-0.15, -0.1) is 0 Å². The SMILES string of the molecule is Cc1cccc(N2CCN(C(=O)[C@H](C)NC(=O)c3cccc([N+](=O)[O-])c3)CC2)c1. The molecule has 1 atom stereocenters. The van der Waals surface area contributed by atoms with Gasteiger partial charge in [-0.2, -0.15) is 0 Å². The van der Waals surface area contributed by atoms with Gasteiger partial charge in [0.05, 0.1) is 4.92 Å². The summed E-state index contributed by atoms with van der Waals surface area (Å²) < 4.78 is 0. The van der Waals surface area contributed by atoms with E-state index in [2.05, 4.69) is 35.3 Å². The van der Waals surface area contributed by atoms with E-state index in [9.17, 15) is 19.7 Å². The van der Waals surface area contributed by atoms with Crippen molar-refractivity contribution in [3.8, 4) is 0 Å². The van der Waals surface area contributed by atoms with Crippen LogP contribution in [-0.4, -0.2) is 53.9 Å². The molecule has 2 aromatic carbocycles. The molecule has 8 nitrogen and oxygen atoms in total. The van der Waals surface area contributed by atoms with Crippen molar-refractivity contribution in [3.05, 3.63) is 69.8 Å². The van der Waals surface area contributed by atoms with Crippen molar-refractivity contribution in [2.45, 2.75) is 19.9 Å². The molecule has 3 rings (SSSR count). The number of hydrogen-bond acceptors (Lipinski definition) is 5. The Bertz CT molecular complexity index is 922. The van der Waals surface area contributed by atoms with Crippen LogP contribution in [0.1, 0.15) is 22.8 Å². The minimum absolute atomic E-state index is 0.156. The number of carbonyl (C=O) groups excluding carboxylic acids is 2. The summed E-state index contributed by atoms with van der Waals surface area (Å²) >= 11 is 0. The Labute approximate surface area is 169 Å². The number of anilines is 1. The van der Waals surface area contributed by atoms with E-state index in [-0.39, 0.29) is 17.2 Å². The molecule has 0 radical (unpaired) electrons. The van der Waals surface area contributed by atoms with E-state index in [0.717, 1.165) is 18.8 Å². The maximum absolute atomic E-state index is 12.7. The minimum atomic E-state index is -0.715. The fourth-order valence-corrected chi connectivity index (χ4v) is 3.39. The molecule has 0 aromatic heterocycles. The van der Waals surface area contributed by atoms with Crippen LogP contribution in [0.25, 0.3) is 0 Å². The first kappa shape index (κ1) is 20.3. The molecule has 29 heavy (non-hydrogen) atoms. The fraction of sp³-hybridized carbons (Fsp3) is 0.333. The van der Waals surface area contributed by atoms with Crippen LogP contribution in [0.2, 0.25) is 0 Å². The van der Waals surface area contributed by atoms with Crippen LogP contribution in [0.3, 0.4) is 0 Å². The first-order valence-corrected chi connectivity index (χ1v) is 9.51. The zero-order valence-corrected chi connectivity index (χ0v) is 16.5. The fourth-order valence-electron chi connectivity index (χ4n) is 3.39. The number of aryl methyl sites for hydroxylation is 1. The predicted molar refractivity (Wildman–Crippen MR) is 110 cm³/mol. The van der Waals surface area contributed by atoms with E-state index < -0.39 is 16.9 Å². The van der Waals surface area contributed by atoms with E-state index in [1.54, 1.807) is 11.8 Å². The molecule has 1 heterocycles. The third kappa shape index (κ3) is 4.90. The first-order valence-electron chi connectivity index (χ1n) is 9.51. The van der Waals surface area contributed by atoms with Crippen molar-refractivity contribution in [1.29, 1.82) is 0 Å². The number of piperazine rings is 1. The summed E-state index contributed by atoms with van der Waals surface area (Å²) in [6.07, 6.45) is 0. The number of hydrogen-bond donors (Lipinski definition) is 1. The van der Waals surface area contributed by atoms with E-state index in [0.29, 0.717) is 13.1 Å². The van der Waals surface area contributed by atoms with Gasteiger partial charge in [-0.25, -0.2) is 0 Å². The van der Waals surface area contributed by atoms with Crippen LogP contribution in [0.15, 0.2) is 48.5 Å². The normalized spacial score (nSPS) is 15.0. The van der Waals surface area contributed by atoms with E-state index in [1.807, 2.05) is 6.07 Å². The number of amides is 2. The third-order valence-corrected chi connectivity index (χ3v) is 5.00. The number of carbonyl (C=O) groups is 2. The van der Waals surface area contributed by atoms with Crippen molar-refractivity contribution in [2.24, 2.45) is 0 Å². The van der Waals surface area contributed by atoms with Gasteiger partial charge in [-0.05, 0) is 37.6 Å². The summed E-state index contributed by atoms with van der Waals surface area (Å²) in [6.45, 7) is 6.27. The van der Waals surface area contributed by atoms with Gasteiger partial charge < -0.3 is 15.1 Å². The van der Waals surface area contributed by atoms with Gasteiger partial charge in [0.15, 0.2) is 0 Å². The van der Waals surface area contributed by atoms with Gasteiger partial charge >= 0.3 is 0 Å². The average molecular weight is 396 g/mol. The third-order valence-electron chi connectivity index (χ3n) is 5.00. The molecule has 2 amide bonds. The second kappa shape index (κ2) is 8.72. The molecule has 1 N–H and O–H groups in total. The lowest BCUT2D eigenvalue weighted by molar-refractivity contribution is -0.384. The van der Waals surface area contributed by atoms with Crippen molar-refractivity contribution in [3.63, 3.8) is 0 Å². The Hall–Kier alpha value is -3.42. The quantitative estimate of drug-likeness (QED) is 0.618.